The van der Waals surface area contributed by atoms with Crippen LogP contribution < -0.4 is 78.3 Å². The lowest BCUT2D eigenvalue weighted by Crippen LogP contribution is -2.28. The minimum absolute atomic E-state index is 0.232. The summed E-state index contributed by atoms with van der Waals surface area (Å²) in [5.41, 5.74) is 93.4. The predicted octanol–water partition coefficient (Wildman–Crippen LogP) is 22.3. The van der Waals surface area contributed by atoms with E-state index in [0.717, 1.165) is 115 Å². The summed E-state index contributed by atoms with van der Waals surface area (Å²) in [6.07, 6.45) is 21.7. The third-order valence-corrected chi connectivity index (χ3v) is 23.4. The van der Waals surface area contributed by atoms with Crippen molar-refractivity contribution in [3.63, 3.8) is 0 Å². The molecule has 640 valence electrons. The van der Waals surface area contributed by atoms with Gasteiger partial charge >= 0.3 is 5.97 Å². The quantitative estimate of drug-likeness (QED) is 0.0264. The van der Waals surface area contributed by atoms with Crippen LogP contribution in [0.1, 0.15) is 206 Å². The van der Waals surface area contributed by atoms with E-state index in [-0.39, 0.29) is 6.61 Å². The summed E-state index contributed by atoms with van der Waals surface area (Å²) in [6.45, 7) is 17.3. The van der Waals surface area contributed by atoms with Crippen molar-refractivity contribution in [2.75, 3.05) is 68.8 Å². The molecule has 24 N–H and O–H groups in total. The van der Waals surface area contributed by atoms with Gasteiger partial charge in [-0.05, 0) is 330 Å². The SMILES string of the molecule is CC1CCC(C2CCC(OCc3cc(N)cc(N)c3)CC2)CC1.CC1CCC(c2ccc(OCc3cc(N)cc(N)c3)cc2)CC1.Cc1cc(C)cc(COC(=O)c2cc(N)cc(N)c2)c1.Cc1ccc(-c2ccc(OCc3cc(N)cc(N)c3)cc2)cc1.Cc1ccc(C2CCC(OCc3cc(N)cc(N)c3)CC2)cc1.Cc1ccc(N)cc1N. The van der Waals surface area contributed by atoms with Gasteiger partial charge in [0.25, 0.3) is 0 Å². The fraction of sp³-hybridized carbons (Fsp3) is 0.350. The summed E-state index contributed by atoms with van der Waals surface area (Å²) in [4.78, 5) is 12.0. The lowest BCUT2D eigenvalue weighted by molar-refractivity contribution is -0.00251. The van der Waals surface area contributed by atoms with Crippen LogP contribution in [-0.4, -0.2) is 18.2 Å². The first-order valence-electron chi connectivity index (χ1n) is 43.0. The van der Waals surface area contributed by atoms with Crippen molar-refractivity contribution in [2.24, 2.45) is 23.7 Å². The lowest BCUT2D eigenvalue weighted by Gasteiger charge is -2.37. The molecule has 0 radical (unpaired) electrons. The van der Waals surface area contributed by atoms with Crippen molar-refractivity contribution in [3.05, 3.63) is 297 Å². The van der Waals surface area contributed by atoms with Crippen LogP contribution in [0.4, 0.5) is 68.2 Å². The summed E-state index contributed by atoms with van der Waals surface area (Å²) in [5.74, 6) is 6.46. The van der Waals surface area contributed by atoms with Gasteiger partial charge in [0, 0.05) is 68.2 Å². The number of esters is 1. The van der Waals surface area contributed by atoms with E-state index in [1.807, 2.05) is 106 Å². The number of benzene rings is 11. The topological polar surface area (TPSA) is 375 Å². The molecule has 0 atom stereocenters. The first-order valence-corrected chi connectivity index (χ1v) is 43.0. The Morgan fingerprint density at radius 1 is 0.289 bits per heavy atom. The molecule has 11 aromatic rings. The second kappa shape index (κ2) is 45.4. The average Bonchev–Trinajstić information content (AvgIpc) is 0.860. The number of aryl methyl sites for hydroxylation is 5. The van der Waals surface area contributed by atoms with Gasteiger partial charge in [0.05, 0.1) is 31.0 Å². The van der Waals surface area contributed by atoms with Crippen molar-refractivity contribution < 1.29 is 28.5 Å². The number of nitrogens with two attached hydrogens (primary N) is 12. The monoisotopic (exact) mass is 1630 g/mol. The van der Waals surface area contributed by atoms with Crippen molar-refractivity contribution in [1.82, 2.24) is 0 Å². The van der Waals surface area contributed by atoms with E-state index in [4.69, 9.17) is 92.5 Å². The number of hydrogen-bond donors (Lipinski definition) is 12. The van der Waals surface area contributed by atoms with Crippen LogP contribution in [-0.2, 0) is 47.2 Å². The van der Waals surface area contributed by atoms with Crippen molar-refractivity contribution >= 4 is 74.2 Å². The Balaban J connectivity index is 0.000000155. The van der Waals surface area contributed by atoms with Crippen LogP contribution in [0.5, 0.6) is 11.5 Å². The zero-order chi connectivity index (χ0) is 86.5. The Labute approximate surface area is 718 Å². The number of rotatable bonds is 19. The third-order valence-electron chi connectivity index (χ3n) is 23.4. The molecule has 18 nitrogen and oxygen atoms in total. The Hall–Kier alpha value is -12.0. The summed E-state index contributed by atoms with van der Waals surface area (Å²) >= 11 is 0. The highest BCUT2D eigenvalue weighted by molar-refractivity contribution is 5.91. The van der Waals surface area contributed by atoms with E-state index < -0.39 is 5.97 Å². The maximum absolute atomic E-state index is 12.0. The van der Waals surface area contributed by atoms with Gasteiger partial charge in [-0.2, -0.15) is 0 Å². The van der Waals surface area contributed by atoms with Gasteiger partial charge in [-0.3, -0.25) is 0 Å². The van der Waals surface area contributed by atoms with Crippen molar-refractivity contribution in [3.8, 4) is 22.6 Å². The third kappa shape index (κ3) is 31.0. The molecule has 0 aromatic heterocycles. The second-order valence-electron chi connectivity index (χ2n) is 34.2. The first-order chi connectivity index (χ1) is 58.0. The van der Waals surface area contributed by atoms with E-state index in [2.05, 4.69) is 119 Å². The molecule has 0 spiro atoms. The van der Waals surface area contributed by atoms with E-state index in [0.29, 0.717) is 102 Å². The summed E-state index contributed by atoms with van der Waals surface area (Å²) < 4.78 is 29.1. The highest BCUT2D eigenvalue weighted by Gasteiger charge is 2.31. The molecule has 0 aliphatic heterocycles. The van der Waals surface area contributed by atoms with Crippen LogP contribution in [0.25, 0.3) is 11.1 Å². The van der Waals surface area contributed by atoms with Crippen molar-refractivity contribution in [2.45, 2.75) is 208 Å². The zero-order valence-electron chi connectivity index (χ0n) is 72.2. The van der Waals surface area contributed by atoms with Crippen molar-refractivity contribution in [1.29, 1.82) is 0 Å². The standard InChI is InChI=1S/C20H32N2O.2C20H26N2O.C20H20N2O.C16H18N2O2.C7H10N2/c4*1-14-2-4-16(5-3-14)17-6-8-20(9-7-17)23-13-15-10-18(21)12-19(22)11-15;1-10-3-11(2)5-12(4-10)9-20-16(19)13-6-14(17)8-15(18)7-13;1-5-2-3-6(8)4-7(5)9/h10-12,14,16-17,20H,2-9,13,21-22H2,1H3;6-12,14,16H,2-5,13,21-22H2,1H3;2-5,10-12,17,20H,6-9,13,21-22H2,1H3;2-12H,13,21-22H2,1H3;3-8H,9,17-18H2,1-2H3;2-4H,8-9H2,1H3. The summed E-state index contributed by atoms with van der Waals surface area (Å²) in [7, 11) is 0. The molecule has 4 fully saturated rings. The van der Waals surface area contributed by atoms with Gasteiger partial charge in [-0.25, -0.2) is 4.79 Å². The smallest absolute Gasteiger partial charge is 0.338 e. The maximum Gasteiger partial charge on any atom is 0.338 e. The van der Waals surface area contributed by atoms with Crippen LogP contribution in [0.3, 0.4) is 0 Å². The largest absolute Gasteiger partial charge is 0.489 e. The fourth-order valence-corrected chi connectivity index (χ4v) is 16.7. The number of nitrogen functional groups attached to an aromatic ring is 12. The van der Waals surface area contributed by atoms with Crippen LogP contribution in [0.15, 0.2) is 224 Å². The van der Waals surface area contributed by atoms with E-state index in [1.165, 1.54) is 123 Å². The Kier molecular flexibility index (Phi) is 34.3. The van der Waals surface area contributed by atoms with Gasteiger partial charge < -0.3 is 92.5 Å². The molecule has 11 aromatic carbocycles. The Morgan fingerprint density at radius 2 is 0.603 bits per heavy atom. The van der Waals surface area contributed by atoms with Crippen LogP contribution in [0, 0.1) is 58.3 Å². The minimum Gasteiger partial charge on any atom is -0.489 e. The molecule has 0 unspecified atom stereocenters. The molecular formula is C103H132N12O6. The number of ether oxygens (including phenoxy) is 5. The predicted molar refractivity (Wildman–Crippen MR) is 506 cm³/mol. The maximum atomic E-state index is 12.0. The average molecular weight is 1630 g/mol. The zero-order valence-corrected chi connectivity index (χ0v) is 72.2. The van der Waals surface area contributed by atoms with Gasteiger partial charge in [-0.15, -0.1) is 0 Å². The number of carbonyl (C=O) groups excluding carboxylic acids is 1. The molecule has 0 heterocycles. The van der Waals surface area contributed by atoms with Gasteiger partial charge in [0.1, 0.15) is 31.3 Å². The molecule has 0 saturated heterocycles. The second-order valence-corrected chi connectivity index (χ2v) is 34.2. The first kappa shape index (κ1) is 91.3. The van der Waals surface area contributed by atoms with E-state index in [1.54, 1.807) is 48.5 Å². The molecule has 0 bridgehead atoms. The summed E-state index contributed by atoms with van der Waals surface area (Å²) in [6, 6.07) is 72.8. The molecule has 18 heteroatoms. The van der Waals surface area contributed by atoms with Gasteiger partial charge in [0.15, 0.2) is 0 Å². The summed E-state index contributed by atoms with van der Waals surface area (Å²) in [5, 5.41) is 0. The Morgan fingerprint density at radius 3 is 0.992 bits per heavy atom. The highest BCUT2D eigenvalue weighted by atomic mass is 16.5. The lowest BCUT2D eigenvalue weighted by atomic mass is 9.71. The molecule has 0 amide bonds. The van der Waals surface area contributed by atoms with Gasteiger partial charge in [-0.1, -0.05) is 159 Å². The fourth-order valence-electron chi connectivity index (χ4n) is 16.7. The molecule has 121 heavy (non-hydrogen) atoms. The molecule has 15 rings (SSSR count). The number of hydrogen-bond acceptors (Lipinski definition) is 18. The molecule has 4 aliphatic carbocycles. The molecule has 4 saturated carbocycles. The van der Waals surface area contributed by atoms with E-state index in [9.17, 15) is 4.79 Å². The highest BCUT2D eigenvalue weighted by Crippen LogP contribution is 2.42. The normalized spacial score (nSPS) is 18.5. The Bertz CT molecular complexity index is 4930. The molecule has 4 aliphatic rings. The van der Waals surface area contributed by atoms with Gasteiger partial charge in [0.2, 0.25) is 0 Å². The van der Waals surface area contributed by atoms with E-state index >= 15 is 0 Å². The van der Waals surface area contributed by atoms with Crippen LogP contribution in [0.2, 0.25) is 0 Å². The number of anilines is 12. The molecular weight excluding hydrogens is 1500 g/mol. The number of carbonyl (C=O) groups is 1. The minimum atomic E-state index is -0.428. The van der Waals surface area contributed by atoms with Crippen LogP contribution >= 0.6 is 0 Å².